The molecule has 0 amide bonds. The first-order valence-electron chi connectivity index (χ1n) is 3.62. The lowest BCUT2D eigenvalue weighted by molar-refractivity contribution is -0.976. The van der Waals surface area contributed by atoms with Crippen LogP contribution in [0.5, 0.6) is 0 Å². The molecule has 0 rings (SSSR count). The van der Waals surface area contributed by atoms with Gasteiger partial charge in [-0.15, -0.1) is 0 Å². The third-order valence-corrected chi connectivity index (χ3v) is 2.10. The van der Waals surface area contributed by atoms with Crippen molar-refractivity contribution in [2.45, 2.75) is 32.7 Å². The SMILES string of the molecule is CCC(O)[N+](C)(C)C(C)O. The third-order valence-electron chi connectivity index (χ3n) is 2.10. The molecule has 0 aliphatic heterocycles. The lowest BCUT2D eigenvalue weighted by Gasteiger charge is -2.36. The molecule has 0 radical (unpaired) electrons. The van der Waals surface area contributed by atoms with Gasteiger partial charge in [0.15, 0.2) is 12.5 Å². The van der Waals surface area contributed by atoms with E-state index in [4.69, 9.17) is 0 Å². The fourth-order valence-corrected chi connectivity index (χ4v) is 0.720. The fraction of sp³-hybridized carbons (Fsp3) is 1.00. The van der Waals surface area contributed by atoms with E-state index < -0.39 is 12.5 Å². The van der Waals surface area contributed by atoms with Gasteiger partial charge in [0.1, 0.15) is 0 Å². The van der Waals surface area contributed by atoms with Crippen LogP contribution in [0.4, 0.5) is 0 Å². The minimum atomic E-state index is -0.519. The quantitative estimate of drug-likeness (QED) is 0.441. The van der Waals surface area contributed by atoms with Crippen LogP contribution in [0.1, 0.15) is 20.3 Å². The predicted molar refractivity (Wildman–Crippen MR) is 40.1 cm³/mol. The number of aliphatic hydroxyl groups excluding tert-OH is 2. The summed E-state index contributed by atoms with van der Waals surface area (Å²) in [6, 6.07) is 0. The van der Waals surface area contributed by atoms with Crippen LogP contribution < -0.4 is 0 Å². The molecule has 0 fully saturated rings. The number of aliphatic hydroxyl groups is 2. The van der Waals surface area contributed by atoms with Gasteiger partial charge in [-0.1, -0.05) is 6.92 Å². The van der Waals surface area contributed by atoms with Gasteiger partial charge in [-0.25, -0.2) is 0 Å². The molecule has 0 bridgehead atoms. The highest BCUT2D eigenvalue weighted by Crippen LogP contribution is 2.10. The maximum Gasteiger partial charge on any atom is 0.191 e. The Kier molecular flexibility index (Phi) is 3.28. The molecule has 62 valence electrons. The Hall–Kier alpha value is -0.120. The zero-order chi connectivity index (χ0) is 8.36. The minimum Gasteiger partial charge on any atom is -0.345 e. The molecule has 2 unspecified atom stereocenters. The highest BCUT2D eigenvalue weighted by molar-refractivity contribution is 4.37. The summed E-state index contributed by atoms with van der Waals surface area (Å²) < 4.78 is 0.247. The van der Waals surface area contributed by atoms with E-state index in [9.17, 15) is 10.2 Å². The molecule has 0 heterocycles. The van der Waals surface area contributed by atoms with E-state index >= 15 is 0 Å². The van der Waals surface area contributed by atoms with Gasteiger partial charge in [-0.05, 0) is 0 Å². The molecular weight excluding hydrogens is 130 g/mol. The second-order valence-electron chi connectivity index (χ2n) is 3.15. The first-order chi connectivity index (χ1) is 4.42. The van der Waals surface area contributed by atoms with Crippen molar-refractivity contribution >= 4 is 0 Å². The minimum absolute atomic E-state index is 0.247. The van der Waals surface area contributed by atoms with Gasteiger partial charge >= 0.3 is 0 Å². The standard InChI is InChI=1S/C7H18NO2/c1-5-7(10)8(3,4)6(2)9/h6-7,9-10H,5H2,1-4H3/q+1. The molecule has 2 atom stereocenters. The van der Waals surface area contributed by atoms with Crippen molar-refractivity contribution in [3.05, 3.63) is 0 Å². The predicted octanol–water partition coefficient (Wildman–Crippen LogP) is 0.129. The van der Waals surface area contributed by atoms with E-state index in [1.54, 1.807) is 21.0 Å². The molecule has 2 N–H and O–H groups in total. The second-order valence-corrected chi connectivity index (χ2v) is 3.15. The van der Waals surface area contributed by atoms with Crippen LogP contribution in [0.25, 0.3) is 0 Å². The molecular formula is C7H18NO2+. The average molecular weight is 148 g/mol. The topological polar surface area (TPSA) is 40.5 Å². The highest BCUT2D eigenvalue weighted by atomic mass is 16.3. The molecule has 3 heteroatoms. The van der Waals surface area contributed by atoms with E-state index in [0.717, 1.165) is 0 Å². The van der Waals surface area contributed by atoms with Crippen LogP contribution in [-0.2, 0) is 0 Å². The molecule has 0 saturated heterocycles. The van der Waals surface area contributed by atoms with E-state index in [0.29, 0.717) is 6.42 Å². The summed E-state index contributed by atoms with van der Waals surface area (Å²) in [5.74, 6) is 0. The van der Waals surface area contributed by atoms with Crippen molar-refractivity contribution in [3.63, 3.8) is 0 Å². The first-order valence-corrected chi connectivity index (χ1v) is 3.62. The van der Waals surface area contributed by atoms with Crippen LogP contribution >= 0.6 is 0 Å². The van der Waals surface area contributed by atoms with Gasteiger partial charge in [0.05, 0.1) is 14.1 Å². The third kappa shape index (κ3) is 1.94. The van der Waals surface area contributed by atoms with Gasteiger partial charge in [0, 0.05) is 13.3 Å². The molecule has 0 aromatic rings. The first kappa shape index (κ1) is 9.88. The average Bonchev–Trinajstić information content (AvgIpc) is 1.86. The van der Waals surface area contributed by atoms with E-state index in [-0.39, 0.29) is 4.48 Å². The highest BCUT2D eigenvalue weighted by Gasteiger charge is 2.28. The number of hydrogen-bond acceptors (Lipinski definition) is 2. The zero-order valence-electron chi connectivity index (χ0n) is 7.20. The Labute approximate surface area is 62.5 Å². The normalized spacial score (nSPS) is 18.6. The number of quaternary nitrogens is 1. The molecule has 0 spiro atoms. The second kappa shape index (κ2) is 3.32. The van der Waals surface area contributed by atoms with Crippen molar-refractivity contribution < 1.29 is 14.7 Å². The monoisotopic (exact) mass is 148 g/mol. The van der Waals surface area contributed by atoms with Crippen molar-refractivity contribution in [2.24, 2.45) is 0 Å². The summed E-state index contributed by atoms with van der Waals surface area (Å²) in [5.41, 5.74) is 0. The Bertz CT molecular complexity index is 102. The van der Waals surface area contributed by atoms with Crippen LogP contribution in [0.15, 0.2) is 0 Å². The summed E-state index contributed by atoms with van der Waals surface area (Å²) in [4.78, 5) is 0. The Morgan fingerprint density at radius 2 is 1.70 bits per heavy atom. The fourth-order valence-electron chi connectivity index (χ4n) is 0.720. The summed E-state index contributed by atoms with van der Waals surface area (Å²) in [6.45, 7) is 3.58. The van der Waals surface area contributed by atoms with Crippen molar-refractivity contribution in [1.29, 1.82) is 0 Å². The summed E-state index contributed by atoms with van der Waals surface area (Å²) >= 11 is 0. The Morgan fingerprint density at radius 3 is 1.80 bits per heavy atom. The van der Waals surface area contributed by atoms with Crippen LogP contribution in [-0.4, -0.2) is 41.2 Å². The summed E-state index contributed by atoms with van der Waals surface area (Å²) in [6.07, 6.45) is -0.326. The van der Waals surface area contributed by atoms with Gasteiger partial charge in [-0.3, -0.25) is 4.48 Å². The lowest BCUT2D eigenvalue weighted by Crippen LogP contribution is -2.54. The van der Waals surface area contributed by atoms with E-state index in [1.807, 2.05) is 6.92 Å². The number of hydrogen-bond donors (Lipinski definition) is 2. The van der Waals surface area contributed by atoms with Crippen LogP contribution in [0, 0.1) is 0 Å². The van der Waals surface area contributed by atoms with Gasteiger partial charge in [0.25, 0.3) is 0 Å². The van der Waals surface area contributed by atoms with Gasteiger partial charge in [-0.2, -0.15) is 0 Å². The number of nitrogens with zero attached hydrogens (tertiary/aromatic N) is 1. The van der Waals surface area contributed by atoms with Crippen LogP contribution in [0.3, 0.4) is 0 Å². The molecule has 10 heavy (non-hydrogen) atoms. The molecule has 0 aliphatic carbocycles. The van der Waals surface area contributed by atoms with Gasteiger partial charge in [0.2, 0.25) is 0 Å². The van der Waals surface area contributed by atoms with Crippen molar-refractivity contribution in [3.8, 4) is 0 Å². The maximum absolute atomic E-state index is 9.37. The van der Waals surface area contributed by atoms with Crippen molar-refractivity contribution in [1.82, 2.24) is 0 Å². The van der Waals surface area contributed by atoms with Gasteiger partial charge < -0.3 is 10.2 Å². The number of rotatable bonds is 3. The largest absolute Gasteiger partial charge is 0.345 e. The van der Waals surface area contributed by atoms with E-state index in [1.165, 1.54) is 0 Å². The molecule has 0 aromatic carbocycles. The summed E-state index contributed by atoms with van der Waals surface area (Å²) in [5, 5.41) is 18.6. The molecule has 0 aromatic heterocycles. The maximum atomic E-state index is 9.37. The van der Waals surface area contributed by atoms with Crippen molar-refractivity contribution in [2.75, 3.05) is 14.1 Å². The smallest absolute Gasteiger partial charge is 0.191 e. The Morgan fingerprint density at radius 1 is 1.30 bits per heavy atom. The Balaban J connectivity index is 4.09. The molecule has 0 saturated carbocycles. The lowest BCUT2D eigenvalue weighted by atomic mass is 10.3. The van der Waals surface area contributed by atoms with Crippen LogP contribution in [0.2, 0.25) is 0 Å². The molecule has 3 nitrogen and oxygen atoms in total. The summed E-state index contributed by atoms with van der Waals surface area (Å²) in [7, 11) is 3.61. The molecule has 0 aliphatic rings. The zero-order valence-corrected chi connectivity index (χ0v) is 7.20. The van der Waals surface area contributed by atoms with E-state index in [2.05, 4.69) is 0 Å².